The summed E-state index contributed by atoms with van der Waals surface area (Å²) in [6, 6.07) is 12.4. The Balaban J connectivity index is 1.56. The summed E-state index contributed by atoms with van der Waals surface area (Å²) < 4.78 is 17.1. The number of hydrogen-bond acceptors (Lipinski definition) is 9. The smallest absolute Gasteiger partial charge is 0.397 e. The fourth-order valence-corrected chi connectivity index (χ4v) is 5.93. The first-order valence-corrected chi connectivity index (χ1v) is 15.9. The van der Waals surface area contributed by atoms with Crippen molar-refractivity contribution in [3.8, 4) is 0 Å². The number of esters is 3. The van der Waals surface area contributed by atoms with Gasteiger partial charge in [-0.3, -0.25) is 9.59 Å². The quantitative estimate of drug-likeness (QED) is 0.136. The molecule has 1 aromatic heterocycles. The Bertz CT molecular complexity index is 1510. The van der Waals surface area contributed by atoms with E-state index in [-0.39, 0.29) is 25.1 Å². The van der Waals surface area contributed by atoms with Crippen molar-refractivity contribution in [1.29, 1.82) is 0 Å². The molecule has 0 bridgehead atoms. The van der Waals surface area contributed by atoms with Crippen LogP contribution in [0.5, 0.6) is 0 Å². The molecule has 252 valence electrons. The molecular weight excluding hydrogens is 604 g/mol. The number of rotatable bonds is 9. The molecule has 0 saturated heterocycles. The molecule has 0 fully saturated rings. The van der Waals surface area contributed by atoms with Crippen LogP contribution in [0, 0.1) is 17.8 Å². The summed E-state index contributed by atoms with van der Waals surface area (Å²) in [6.07, 6.45) is 5.06. The molecule has 1 aliphatic carbocycles. The minimum absolute atomic E-state index is 0.0372. The van der Waals surface area contributed by atoms with E-state index < -0.39 is 71.6 Å². The number of fused-ring (bicyclic) bond motifs is 1. The number of carbonyl (C=O) groups excluding carboxylic acids is 4. The van der Waals surface area contributed by atoms with E-state index in [9.17, 15) is 29.4 Å². The van der Waals surface area contributed by atoms with Crippen LogP contribution in [0.1, 0.15) is 63.5 Å². The minimum atomic E-state index is -1.58. The van der Waals surface area contributed by atoms with Gasteiger partial charge >= 0.3 is 23.8 Å². The fraction of sp³-hybridized carbons (Fsp3) is 0.444. The molecule has 1 aliphatic heterocycles. The largest absolute Gasteiger partial charge is 0.458 e. The first kappa shape index (κ1) is 35.4. The van der Waals surface area contributed by atoms with Gasteiger partial charge in [0.25, 0.3) is 0 Å². The lowest BCUT2D eigenvalue weighted by Crippen LogP contribution is -2.44. The van der Waals surface area contributed by atoms with Gasteiger partial charge < -0.3 is 34.7 Å². The lowest BCUT2D eigenvalue weighted by atomic mass is 9.72. The maximum atomic E-state index is 13.0. The van der Waals surface area contributed by atoms with Gasteiger partial charge in [0.2, 0.25) is 0 Å². The van der Waals surface area contributed by atoms with Crippen LogP contribution in [-0.2, 0) is 35.1 Å². The van der Waals surface area contributed by atoms with Crippen molar-refractivity contribution in [1.82, 2.24) is 10.3 Å². The summed E-state index contributed by atoms with van der Waals surface area (Å²) in [5.74, 6) is -4.75. The van der Waals surface area contributed by atoms with Crippen LogP contribution in [0.4, 0.5) is 0 Å². The minimum Gasteiger partial charge on any atom is -0.458 e. The second kappa shape index (κ2) is 15.4. The second-order valence-electron chi connectivity index (χ2n) is 12.4. The maximum absolute atomic E-state index is 13.0. The van der Waals surface area contributed by atoms with E-state index in [0.29, 0.717) is 11.1 Å². The Hall–Kier alpha value is -4.48. The van der Waals surface area contributed by atoms with Crippen LogP contribution in [0.25, 0.3) is 0 Å². The number of ether oxygens (including phenoxy) is 3. The van der Waals surface area contributed by atoms with Crippen molar-refractivity contribution >= 4 is 23.8 Å². The number of benzene rings is 1. The van der Waals surface area contributed by atoms with E-state index in [1.54, 1.807) is 77.3 Å². The normalized spacial score (nSPS) is 26.5. The molecule has 2 aromatic rings. The summed E-state index contributed by atoms with van der Waals surface area (Å²) in [4.78, 5) is 53.9. The third-order valence-corrected chi connectivity index (χ3v) is 8.92. The molecule has 1 amide bonds. The molecular formula is C36H44N2O9. The van der Waals surface area contributed by atoms with Gasteiger partial charge in [-0.1, -0.05) is 62.4 Å². The Morgan fingerprint density at radius 2 is 1.83 bits per heavy atom. The monoisotopic (exact) mass is 648 g/mol. The lowest BCUT2D eigenvalue weighted by Gasteiger charge is -2.40. The number of amides is 1. The number of aromatic nitrogens is 1. The van der Waals surface area contributed by atoms with Crippen LogP contribution in [0.2, 0.25) is 0 Å². The van der Waals surface area contributed by atoms with Crippen molar-refractivity contribution in [2.24, 2.45) is 17.8 Å². The van der Waals surface area contributed by atoms with Crippen molar-refractivity contribution in [2.45, 2.75) is 84.0 Å². The van der Waals surface area contributed by atoms with E-state index in [0.717, 1.165) is 5.56 Å². The Labute approximate surface area is 274 Å². The summed E-state index contributed by atoms with van der Waals surface area (Å²) in [5, 5.41) is 25.2. The maximum Gasteiger partial charge on any atom is 0.397 e. The van der Waals surface area contributed by atoms with Gasteiger partial charge in [-0.25, -0.2) is 9.59 Å². The van der Waals surface area contributed by atoms with E-state index in [1.165, 1.54) is 0 Å². The van der Waals surface area contributed by atoms with E-state index in [2.05, 4.69) is 10.3 Å². The molecule has 0 radical (unpaired) electrons. The molecule has 0 spiro atoms. The molecule has 1 unspecified atom stereocenters. The predicted octanol–water partition coefficient (Wildman–Crippen LogP) is 3.94. The van der Waals surface area contributed by atoms with Gasteiger partial charge in [0, 0.05) is 36.9 Å². The molecule has 0 saturated carbocycles. The topological polar surface area (TPSA) is 164 Å². The van der Waals surface area contributed by atoms with Gasteiger partial charge in [0.05, 0.1) is 6.10 Å². The fourth-order valence-electron chi connectivity index (χ4n) is 5.93. The van der Waals surface area contributed by atoms with Crippen molar-refractivity contribution in [3.05, 3.63) is 95.4 Å². The summed E-state index contributed by atoms with van der Waals surface area (Å²) >= 11 is 0. The third-order valence-electron chi connectivity index (χ3n) is 8.92. The predicted molar refractivity (Wildman–Crippen MR) is 172 cm³/mol. The third kappa shape index (κ3) is 8.66. The number of carbonyl (C=O) groups is 4. The number of cyclic esters (lactones) is 1. The highest BCUT2D eigenvalue weighted by Crippen LogP contribution is 2.40. The summed E-state index contributed by atoms with van der Waals surface area (Å²) in [5.41, 5.74) is 0.526. The molecule has 8 atom stereocenters. The van der Waals surface area contributed by atoms with Crippen LogP contribution in [-0.4, -0.2) is 69.0 Å². The highest BCUT2D eigenvalue weighted by atomic mass is 16.6. The van der Waals surface area contributed by atoms with Crippen LogP contribution in [0.3, 0.4) is 0 Å². The van der Waals surface area contributed by atoms with Crippen LogP contribution in [0.15, 0.2) is 84.1 Å². The number of H-pyrrole nitrogens is 1. The standard InChI is InChI=1S/C36H44N2O9/c1-21-18-22(2)36(44)19-27(32(23(3)24(4)39)47-34(42)29-12-9-17-37-29)13-14-28(36)15-16-30(40)46-31(21)25(5)45-35(43)33(41)38-20-26-10-7-6-8-11-26/h6-14,17-19,21,23-25,28,31-32,37,39,44H,15-16,20H2,1-5H3,(H,38,41)/b22-18+/t21-,23-,24+,25-,28?,31+,32-,36+/m1/s1. The number of aromatic amines is 1. The molecule has 4 N–H and O–H groups in total. The van der Waals surface area contributed by atoms with Crippen molar-refractivity contribution < 1.29 is 43.6 Å². The number of aliphatic hydroxyl groups excluding tert-OH is 1. The Morgan fingerprint density at radius 3 is 2.49 bits per heavy atom. The number of hydrogen-bond donors (Lipinski definition) is 4. The van der Waals surface area contributed by atoms with Crippen molar-refractivity contribution in [2.75, 3.05) is 0 Å². The van der Waals surface area contributed by atoms with Crippen LogP contribution >= 0.6 is 0 Å². The van der Waals surface area contributed by atoms with E-state index in [1.807, 2.05) is 30.3 Å². The van der Waals surface area contributed by atoms with Gasteiger partial charge in [-0.2, -0.15) is 0 Å². The first-order chi connectivity index (χ1) is 22.3. The highest BCUT2D eigenvalue weighted by Gasteiger charge is 2.42. The SMILES string of the molecule is C/C1=C\[C@@H](C)[C@@H]([C@@H](C)OC(=O)C(=O)NCc2ccccc2)OC(=O)CCC2C=CC([C@H](OC(=O)c3ccc[nH]3)[C@H](C)[C@H](C)O)=C[C@]12O. The lowest BCUT2D eigenvalue weighted by molar-refractivity contribution is -0.172. The van der Waals surface area contributed by atoms with Gasteiger partial charge in [-0.05, 0) is 62.1 Å². The molecule has 47 heavy (non-hydrogen) atoms. The molecule has 11 nitrogen and oxygen atoms in total. The van der Waals surface area contributed by atoms with Gasteiger partial charge in [0.1, 0.15) is 29.6 Å². The highest BCUT2D eigenvalue weighted by molar-refractivity contribution is 6.32. The number of aliphatic hydroxyl groups is 2. The Morgan fingerprint density at radius 1 is 1.11 bits per heavy atom. The van der Waals surface area contributed by atoms with Crippen LogP contribution < -0.4 is 5.32 Å². The molecule has 11 heteroatoms. The molecule has 2 heterocycles. The molecule has 1 aromatic carbocycles. The average molecular weight is 649 g/mol. The summed E-state index contributed by atoms with van der Waals surface area (Å²) in [7, 11) is 0. The van der Waals surface area contributed by atoms with Crippen molar-refractivity contribution in [3.63, 3.8) is 0 Å². The zero-order chi connectivity index (χ0) is 34.3. The van der Waals surface area contributed by atoms with E-state index in [4.69, 9.17) is 14.2 Å². The average Bonchev–Trinajstić information content (AvgIpc) is 3.59. The molecule has 4 rings (SSSR count). The van der Waals surface area contributed by atoms with Gasteiger partial charge in [-0.15, -0.1) is 0 Å². The zero-order valence-electron chi connectivity index (χ0n) is 27.3. The van der Waals surface area contributed by atoms with Gasteiger partial charge in [0.15, 0.2) is 0 Å². The Kier molecular flexibility index (Phi) is 11.6. The zero-order valence-corrected chi connectivity index (χ0v) is 27.3. The molecule has 2 aliphatic rings. The van der Waals surface area contributed by atoms with E-state index >= 15 is 0 Å². The summed E-state index contributed by atoms with van der Waals surface area (Å²) in [6.45, 7) is 8.57. The second-order valence-corrected chi connectivity index (χ2v) is 12.4. The number of nitrogens with one attached hydrogen (secondary N) is 2. The first-order valence-electron chi connectivity index (χ1n) is 15.9.